The van der Waals surface area contributed by atoms with Gasteiger partial charge in [0.15, 0.2) is 0 Å². The standard InChI is InChI=1S/C25H23N5O2/c31-24-22(20-8-2-1-3-9-20)23(25(32)30(24)18-19-7-6-11-26-17-19)29-15-13-28(14-16-29)21-10-4-5-12-27-21/h1-12,17H,13-16,18H2. The molecule has 1 fully saturated rings. The van der Waals surface area contributed by atoms with Crippen molar-refractivity contribution in [2.75, 3.05) is 31.1 Å². The number of carbonyl (C=O) groups is 2. The van der Waals surface area contributed by atoms with Crippen LogP contribution in [0, 0.1) is 0 Å². The van der Waals surface area contributed by atoms with Crippen LogP contribution in [0.2, 0.25) is 0 Å². The number of benzene rings is 1. The fourth-order valence-corrected chi connectivity index (χ4v) is 4.24. The summed E-state index contributed by atoms with van der Waals surface area (Å²) in [6.07, 6.45) is 5.15. The molecule has 32 heavy (non-hydrogen) atoms. The van der Waals surface area contributed by atoms with E-state index in [0.717, 1.165) is 30.0 Å². The number of hydrogen-bond donors (Lipinski definition) is 0. The van der Waals surface area contributed by atoms with Crippen LogP contribution in [-0.4, -0.2) is 57.8 Å². The van der Waals surface area contributed by atoms with Crippen LogP contribution < -0.4 is 4.90 Å². The topological polar surface area (TPSA) is 69.6 Å². The predicted molar refractivity (Wildman–Crippen MR) is 121 cm³/mol. The lowest BCUT2D eigenvalue weighted by Gasteiger charge is -2.37. The number of piperazine rings is 1. The quantitative estimate of drug-likeness (QED) is 0.586. The maximum absolute atomic E-state index is 13.5. The van der Waals surface area contributed by atoms with Gasteiger partial charge in [0.2, 0.25) is 0 Å². The summed E-state index contributed by atoms with van der Waals surface area (Å²) in [7, 11) is 0. The van der Waals surface area contributed by atoms with Crippen LogP contribution in [0.25, 0.3) is 5.57 Å². The first-order valence-corrected chi connectivity index (χ1v) is 10.7. The van der Waals surface area contributed by atoms with E-state index in [4.69, 9.17) is 0 Å². The number of imide groups is 1. The van der Waals surface area contributed by atoms with Gasteiger partial charge in [-0.15, -0.1) is 0 Å². The van der Waals surface area contributed by atoms with Crippen molar-refractivity contribution in [1.82, 2.24) is 19.8 Å². The molecule has 2 aliphatic heterocycles. The van der Waals surface area contributed by atoms with Crippen molar-refractivity contribution in [3.05, 3.63) is 96.1 Å². The Morgan fingerprint density at radius 3 is 2.19 bits per heavy atom. The molecule has 7 nitrogen and oxygen atoms in total. The molecular formula is C25H23N5O2. The average molecular weight is 425 g/mol. The fraction of sp³-hybridized carbons (Fsp3) is 0.200. The van der Waals surface area contributed by atoms with Crippen LogP contribution in [0.1, 0.15) is 11.1 Å². The van der Waals surface area contributed by atoms with E-state index in [1.165, 1.54) is 4.90 Å². The maximum Gasteiger partial charge on any atom is 0.278 e. The van der Waals surface area contributed by atoms with Gasteiger partial charge in [0.05, 0.1) is 12.1 Å². The highest BCUT2D eigenvalue weighted by atomic mass is 16.2. The van der Waals surface area contributed by atoms with Gasteiger partial charge in [-0.25, -0.2) is 4.98 Å². The molecule has 0 radical (unpaired) electrons. The molecule has 5 rings (SSSR count). The van der Waals surface area contributed by atoms with Gasteiger partial charge in [0, 0.05) is 44.8 Å². The summed E-state index contributed by atoms with van der Waals surface area (Å²) in [5, 5.41) is 0. The Hall–Kier alpha value is -4.00. The third-order valence-corrected chi connectivity index (χ3v) is 5.84. The molecule has 0 bridgehead atoms. The predicted octanol–water partition coefficient (Wildman–Crippen LogP) is 2.58. The minimum Gasteiger partial charge on any atom is -0.363 e. The molecule has 2 aliphatic rings. The normalized spacial score (nSPS) is 16.8. The number of amides is 2. The van der Waals surface area contributed by atoms with E-state index in [9.17, 15) is 9.59 Å². The Labute approximate surface area is 186 Å². The first-order chi connectivity index (χ1) is 15.7. The van der Waals surface area contributed by atoms with E-state index in [1.807, 2.05) is 65.6 Å². The molecule has 0 spiro atoms. The van der Waals surface area contributed by atoms with Gasteiger partial charge in [-0.1, -0.05) is 42.5 Å². The van der Waals surface area contributed by atoms with E-state index in [1.54, 1.807) is 18.6 Å². The van der Waals surface area contributed by atoms with Gasteiger partial charge in [-0.05, 0) is 29.3 Å². The van der Waals surface area contributed by atoms with Gasteiger partial charge in [-0.2, -0.15) is 0 Å². The van der Waals surface area contributed by atoms with E-state index in [-0.39, 0.29) is 18.4 Å². The van der Waals surface area contributed by atoms with Crippen LogP contribution in [0.4, 0.5) is 5.82 Å². The number of anilines is 1. The van der Waals surface area contributed by atoms with Crippen molar-refractivity contribution < 1.29 is 9.59 Å². The van der Waals surface area contributed by atoms with Crippen molar-refractivity contribution >= 4 is 23.2 Å². The molecule has 4 heterocycles. The van der Waals surface area contributed by atoms with Gasteiger partial charge in [-0.3, -0.25) is 19.5 Å². The van der Waals surface area contributed by atoms with Crippen molar-refractivity contribution in [3.63, 3.8) is 0 Å². The van der Waals surface area contributed by atoms with E-state index >= 15 is 0 Å². The van der Waals surface area contributed by atoms with Crippen LogP contribution in [0.15, 0.2) is 85.0 Å². The zero-order valence-electron chi connectivity index (χ0n) is 17.6. The second-order valence-electron chi connectivity index (χ2n) is 7.81. The van der Waals surface area contributed by atoms with Crippen molar-refractivity contribution in [2.24, 2.45) is 0 Å². The van der Waals surface area contributed by atoms with Gasteiger partial charge in [0.1, 0.15) is 11.5 Å². The zero-order valence-corrected chi connectivity index (χ0v) is 17.6. The SMILES string of the molecule is O=C1C(c2ccccc2)=C(N2CCN(c3ccccn3)CC2)C(=O)N1Cc1cccnc1. The molecule has 0 saturated carbocycles. The molecule has 0 atom stereocenters. The number of carbonyl (C=O) groups excluding carboxylic acids is 2. The number of nitrogens with zero attached hydrogens (tertiary/aromatic N) is 5. The number of hydrogen-bond acceptors (Lipinski definition) is 6. The van der Waals surface area contributed by atoms with Gasteiger partial charge < -0.3 is 9.80 Å². The number of aromatic nitrogens is 2. The molecule has 0 unspecified atom stereocenters. The molecule has 160 valence electrons. The highest BCUT2D eigenvalue weighted by Gasteiger charge is 2.42. The van der Waals surface area contributed by atoms with Gasteiger partial charge >= 0.3 is 0 Å². The number of rotatable bonds is 5. The van der Waals surface area contributed by atoms with E-state index in [0.29, 0.717) is 24.4 Å². The van der Waals surface area contributed by atoms with Crippen LogP contribution >= 0.6 is 0 Å². The summed E-state index contributed by atoms with van der Waals surface area (Å²) in [5.41, 5.74) is 2.56. The van der Waals surface area contributed by atoms with Crippen molar-refractivity contribution in [1.29, 1.82) is 0 Å². The Kier molecular flexibility index (Phi) is 5.37. The lowest BCUT2D eigenvalue weighted by atomic mass is 10.0. The lowest BCUT2D eigenvalue weighted by Crippen LogP contribution is -2.47. The first kappa shape index (κ1) is 19.9. The zero-order chi connectivity index (χ0) is 21.9. The first-order valence-electron chi connectivity index (χ1n) is 10.7. The molecular weight excluding hydrogens is 402 g/mol. The second kappa shape index (κ2) is 8.63. The maximum atomic E-state index is 13.5. The van der Waals surface area contributed by atoms with Crippen LogP contribution in [0.5, 0.6) is 0 Å². The highest BCUT2D eigenvalue weighted by molar-refractivity contribution is 6.35. The third kappa shape index (κ3) is 3.73. The molecule has 1 saturated heterocycles. The van der Waals surface area contributed by atoms with Crippen LogP contribution in [0.3, 0.4) is 0 Å². The smallest absolute Gasteiger partial charge is 0.278 e. The molecule has 0 aliphatic carbocycles. The minimum atomic E-state index is -0.257. The molecule has 3 aromatic rings. The second-order valence-corrected chi connectivity index (χ2v) is 7.81. The minimum absolute atomic E-state index is 0.208. The van der Waals surface area contributed by atoms with Crippen molar-refractivity contribution in [3.8, 4) is 0 Å². The van der Waals surface area contributed by atoms with E-state index in [2.05, 4.69) is 14.9 Å². The Morgan fingerprint density at radius 1 is 0.750 bits per heavy atom. The Balaban J connectivity index is 1.44. The monoisotopic (exact) mass is 425 g/mol. The largest absolute Gasteiger partial charge is 0.363 e. The summed E-state index contributed by atoms with van der Waals surface area (Å²) in [6, 6.07) is 19.0. The summed E-state index contributed by atoms with van der Waals surface area (Å²) < 4.78 is 0. The van der Waals surface area contributed by atoms with Gasteiger partial charge in [0.25, 0.3) is 11.8 Å². The Bertz CT molecular complexity index is 1140. The molecule has 2 aromatic heterocycles. The molecule has 2 amide bonds. The van der Waals surface area contributed by atoms with E-state index < -0.39 is 0 Å². The summed E-state index contributed by atoms with van der Waals surface area (Å²) >= 11 is 0. The molecule has 7 heteroatoms. The summed E-state index contributed by atoms with van der Waals surface area (Å²) in [5.74, 6) is 0.424. The summed E-state index contributed by atoms with van der Waals surface area (Å²) in [6.45, 7) is 2.95. The third-order valence-electron chi connectivity index (χ3n) is 5.84. The fourth-order valence-electron chi connectivity index (χ4n) is 4.24. The number of pyridine rings is 2. The molecule has 1 aromatic carbocycles. The average Bonchev–Trinajstić information content (AvgIpc) is 3.10. The Morgan fingerprint density at radius 2 is 1.50 bits per heavy atom. The highest BCUT2D eigenvalue weighted by Crippen LogP contribution is 2.33. The summed E-state index contributed by atoms with van der Waals surface area (Å²) in [4.78, 5) is 41.1. The molecule has 0 N–H and O–H groups in total. The van der Waals surface area contributed by atoms with Crippen molar-refractivity contribution in [2.45, 2.75) is 6.54 Å². The van der Waals surface area contributed by atoms with Crippen LogP contribution in [-0.2, 0) is 16.1 Å². The lowest BCUT2D eigenvalue weighted by molar-refractivity contribution is -0.138.